The van der Waals surface area contributed by atoms with Gasteiger partial charge in [-0.2, -0.15) is 0 Å². The molecule has 0 bridgehead atoms. The summed E-state index contributed by atoms with van der Waals surface area (Å²) >= 11 is 5.89. The zero-order valence-electron chi connectivity index (χ0n) is 16.1. The molecular formula is C20H22ClNO7. The number of likely N-dealkylation sites (tertiary alicyclic amines) is 1. The number of carboxylic acid groups (broad SMARTS) is 1. The van der Waals surface area contributed by atoms with Gasteiger partial charge in [0.15, 0.2) is 5.78 Å². The lowest BCUT2D eigenvalue weighted by Gasteiger charge is -2.39. The molecule has 0 spiro atoms. The van der Waals surface area contributed by atoms with Crippen molar-refractivity contribution in [2.75, 3.05) is 6.54 Å². The summed E-state index contributed by atoms with van der Waals surface area (Å²) in [6.45, 7) is 2.96. The van der Waals surface area contributed by atoms with Crippen LogP contribution in [0.2, 0.25) is 5.02 Å². The number of ether oxygens (including phenoxy) is 2. The van der Waals surface area contributed by atoms with Crippen LogP contribution in [0.25, 0.3) is 0 Å². The van der Waals surface area contributed by atoms with Crippen LogP contribution in [0.15, 0.2) is 24.3 Å². The Balaban J connectivity index is 1.76. The van der Waals surface area contributed by atoms with Crippen molar-refractivity contribution < 1.29 is 33.8 Å². The molecule has 2 heterocycles. The van der Waals surface area contributed by atoms with Crippen molar-refractivity contribution in [2.45, 2.75) is 44.9 Å². The van der Waals surface area contributed by atoms with Crippen LogP contribution in [0.4, 0.5) is 4.79 Å². The Kier molecular flexibility index (Phi) is 5.84. The number of ketones is 1. The van der Waals surface area contributed by atoms with Crippen molar-refractivity contribution in [1.82, 2.24) is 4.90 Å². The van der Waals surface area contributed by atoms with Gasteiger partial charge in [-0.1, -0.05) is 23.7 Å². The maximum Gasteiger partial charge on any atom is 0.407 e. The van der Waals surface area contributed by atoms with E-state index < -0.39 is 47.5 Å². The molecule has 29 heavy (non-hydrogen) atoms. The number of esters is 2. The third-order valence-corrected chi connectivity index (χ3v) is 5.45. The zero-order chi connectivity index (χ0) is 21.3. The van der Waals surface area contributed by atoms with E-state index in [9.17, 15) is 24.3 Å². The summed E-state index contributed by atoms with van der Waals surface area (Å²) in [4.78, 5) is 50.3. The van der Waals surface area contributed by atoms with Gasteiger partial charge < -0.3 is 19.5 Å². The molecule has 0 aromatic heterocycles. The summed E-state index contributed by atoms with van der Waals surface area (Å²) in [6.07, 6.45) is -0.260. The molecule has 3 rings (SSSR count). The van der Waals surface area contributed by atoms with Gasteiger partial charge in [0, 0.05) is 37.4 Å². The lowest BCUT2D eigenvalue weighted by Crippen LogP contribution is -2.53. The first kappa shape index (κ1) is 21.1. The van der Waals surface area contributed by atoms with Crippen LogP contribution in [0.5, 0.6) is 0 Å². The third kappa shape index (κ3) is 4.70. The summed E-state index contributed by atoms with van der Waals surface area (Å²) in [7, 11) is 0. The number of amides is 1. The molecule has 8 nitrogen and oxygen atoms in total. The van der Waals surface area contributed by atoms with Crippen LogP contribution in [-0.4, -0.2) is 52.2 Å². The molecule has 1 aromatic rings. The van der Waals surface area contributed by atoms with E-state index >= 15 is 0 Å². The van der Waals surface area contributed by atoms with E-state index in [0.717, 1.165) is 5.56 Å². The molecule has 2 fully saturated rings. The Morgan fingerprint density at radius 1 is 1.17 bits per heavy atom. The van der Waals surface area contributed by atoms with Gasteiger partial charge in [0.05, 0.1) is 0 Å². The number of carbonyl (C=O) groups is 4. The molecule has 0 saturated carbocycles. The summed E-state index contributed by atoms with van der Waals surface area (Å²) in [5, 5.41) is 10.1. The molecule has 2 saturated heterocycles. The Bertz CT molecular complexity index is 816. The second-order valence-corrected chi connectivity index (χ2v) is 8.20. The van der Waals surface area contributed by atoms with Crippen molar-refractivity contribution in [3.8, 4) is 0 Å². The fourth-order valence-corrected chi connectivity index (χ4v) is 3.96. The maximum atomic E-state index is 12.9. The summed E-state index contributed by atoms with van der Waals surface area (Å²) < 4.78 is 10.1. The number of halogens is 1. The topological polar surface area (TPSA) is 110 Å². The minimum Gasteiger partial charge on any atom is -0.465 e. The average Bonchev–Trinajstić information content (AvgIpc) is 2.61. The third-order valence-electron chi connectivity index (χ3n) is 5.20. The lowest BCUT2D eigenvalue weighted by atomic mass is 9.81. The summed E-state index contributed by atoms with van der Waals surface area (Å²) in [6, 6.07) is 6.55. The zero-order valence-corrected chi connectivity index (χ0v) is 16.8. The minimum absolute atomic E-state index is 0.131. The molecule has 2 unspecified atom stereocenters. The summed E-state index contributed by atoms with van der Waals surface area (Å²) in [5.41, 5.74) is 0.872. The van der Waals surface area contributed by atoms with Crippen LogP contribution in [0, 0.1) is 11.8 Å². The highest BCUT2D eigenvalue weighted by Crippen LogP contribution is 2.32. The number of piperidine rings is 1. The number of rotatable bonds is 4. The Morgan fingerprint density at radius 2 is 1.76 bits per heavy atom. The molecule has 9 heteroatoms. The number of benzene rings is 1. The molecule has 1 aromatic carbocycles. The van der Waals surface area contributed by atoms with Gasteiger partial charge in [0.2, 0.25) is 5.92 Å². The number of hydrogen-bond acceptors (Lipinski definition) is 6. The van der Waals surface area contributed by atoms with Crippen molar-refractivity contribution in [3.05, 3.63) is 34.9 Å². The minimum atomic E-state index is -1.62. The number of carbonyl (C=O) groups excluding carboxylic acids is 3. The van der Waals surface area contributed by atoms with Gasteiger partial charge in [0.25, 0.3) is 5.79 Å². The number of cyclic esters (lactones) is 2. The van der Waals surface area contributed by atoms with Crippen molar-refractivity contribution >= 4 is 35.4 Å². The number of hydrogen-bond donors (Lipinski definition) is 1. The largest absolute Gasteiger partial charge is 0.465 e. The maximum absolute atomic E-state index is 12.9. The standard InChI is InChI=1S/C20H22ClNO7/c1-20(2)28-17(24)15(18(25)29-20)16(23)12-7-8-22(19(26)27)14(10-12)9-11-3-5-13(21)6-4-11/h3-6,12,14-15H,7-10H2,1-2H3,(H,26,27). The fraction of sp³-hybridized carbons (Fsp3) is 0.500. The Labute approximate surface area is 172 Å². The predicted octanol–water partition coefficient (Wildman–Crippen LogP) is 2.66. The van der Waals surface area contributed by atoms with Crippen molar-refractivity contribution in [1.29, 1.82) is 0 Å². The summed E-state index contributed by atoms with van der Waals surface area (Å²) in [5.74, 6) is -6.11. The number of Topliss-reactive ketones (excluding diaryl/α,β-unsaturated/α-hetero) is 1. The van der Waals surface area contributed by atoms with Gasteiger partial charge in [0.1, 0.15) is 0 Å². The lowest BCUT2D eigenvalue weighted by molar-refractivity contribution is -0.238. The monoisotopic (exact) mass is 423 g/mol. The van der Waals surface area contributed by atoms with Crippen molar-refractivity contribution in [2.24, 2.45) is 11.8 Å². The van der Waals surface area contributed by atoms with E-state index in [1.165, 1.54) is 18.7 Å². The van der Waals surface area contributed by atoms with E-state index in [-0.39, 0.29) is 19.4 Å². The van der Waals surface area contributed by atoms with Crippen LogP contribution in [0.1, 0.15) is 32.3 Å². The Hall–Kier alpha value is -2.61. The van der Waals surface area contributed by atoms with E-state index in [1.807, 2.05) is 0 Å². The highest BCUT2D eigenvalue weighted by molar-refractivity contribution is 6.30. The van der Waals surface area contributed by atoms with Crippen LogP contribution in [-0.2, 0) is 30.3 Å². The molecule has 0 radical (unpaired) electrons. The Morgan fingerprint density at radius 3 is 2.31 bits per heavy atom. The van der Waals surface area contributed by atoms with E-state index in [0.29, 0.717) is 11.4 Å². The SMILES string of the molecule is CC1(C)OC(=O)C(C(=O)C2CCN(C(=O)O)C(Cc3ccc(Cl)cc3)C2)C(=O)O1. The van der Waals surface area contributed by atoms with E-state index in [1.54, 1.807) is 24.3 Å². The molecule has 0 aliphatic carbocycles. The van der Waals surface area contributed by atoms with E-state index in [4.69, 9.17) is 21.1 Å². The van der Waals surface area contributed by atoms with Crippen molar-refractivity contribution in [3.63, 3.8) is 0 Å². The first-order valence-electron chi connectivity index (χ1n) is 9.31. The normalized spacial score (nSPS) is 24.6. The average molecular weight is 424 g/mol. The van der Waals surface area contributed by atoms with E-state index in [2.05, 4.69) is 0 Å². The molecule has 1 amide bonds. The fourth-order valence-electron chi connectivity index (χ4n) is 3.83. The van der Waals surface area contributed by atoms with Crippen LogP contribution in [0.3, 0.4) is 0 Å². The molecule has 2 aliphatic rings. The number of nitrogens with zero attached hydrogens (tertiary/aromatic N) is 1. The predicted molar refractivity (Wildman–Crippen MR) is 101 cm³/mol. The van der Waals surface area contributed by atoms with Gasteiger partial charge in [-0.25, -0.2) is 4.79 Å². The smallest absolute Gasteiger partial charge is 0.407 e. The van der Waals surface area contributed by atoms with Gasteiger partial charge in [-0.15, -0.1) is 0 Å². The second kappa shape index (κ2) is 8.02. The van der Waals surface area contributed by atoms with Gasteiger partial charge >= 0.3 is 18.0 Å². The molecule has 2 atom stereocenters. The quantitative estimate of drug-likeness (QED) is 0.585. The molecule has 156 valence electrons. The van der Waals surface area contributed by atoms with Crippen LogP contribution < -0.4 is 0 Å². The van der Waals surface area contributed by atoms with Gasteiger partial charge in [-0.3, -0.25) is 14.4 Å². The van der Waals surface area contributed by atoms with Gasteiger partial charge in [-0.05, 0) is 37.0 Å². The second-order valence-electron chi connectivity index (χ2n) is 7.76. The first-order chi connectivity index (χ1) is 13.6. The molecule has 1 N–H and O–H groups in total. The molecular weight excluding hydrogens is 402 g/mol. The first-order valence-corrected chi connectivity index (χ1v) is 9.68. The highest BCUT2D eigenvalue weighted by atomic mass is 35.5. The highest BCUT2D eigenvalue weighted by Gasteiger charge is 2.50. The molecule has 2 aliphatic heterocycles. The van der Waals surface area contributed by atoms with Crippen LogP contribution >= 0.6 is 11.6 Å².